The van der Waals surface area contributed by atoms with Gasteiger partial charge in [-0.3, -0.25) is 9.59 Å². The molecular formula is C11H17N3O4. The lowest BCUT2D eigenvalue weighted by Gasteiger charge is -2.12. The Bertz CT molecular complexity index is 367. The number of rotatable bonds is 6. The van der Waals surface area contributed by atoms with Gasteiger partial charge in [0.15, 0.2) is 0 Å². The number of primary amides is 1. The van der Waals surface area contributed by atoms with Crippen LogP contribution < -0.4 is 16.4 Å². The maximum Gasteiger partial charge on any atom is 0.315 e. The van der Waals surface area contributed by atoms with Gasteiger partial charge in [-0.15, -0.1) is 0 Å². The molecule has 0 aromatic rings. The molecule has 0 aliphatic heterocycles. The number of carbonyl (C=O) groups excluding carboxylic acids is 2. The first-order chi connectivity index (χ1) is 8.49. The molecule has 18 heavy (non-hydrogen) atoms. The number of hydrogen-bond acceptors (Lipinski definition) is 3. The fourth-order valence-electron chi connectivity index (χ4n) is 1.67. The number of nitrogens with two attached hydrogens (primary N) is 1. The highest BCUT2D eigenvalue weighted by atomic mass is 16.4. The van der Waals surface area contributed by atoms with Crippen LogP contribution in [0.1, 0.15) is 19.3 Å². The van der Waals surface area contributed by atoms with E-state index >= 15 is 0 Å². The largest absolute Gasteiger partial charge is 0.481 e. The zero-order valence-electron chi connectivity index (χ0n) is 9.89. The smallest absolute Gasteiger partial charge is 0.315 e. The topological polar surface area (TPSA) is 122 Å². The van der Waals surface area contributed by atoms with E-state index in [1.807, 2.05) is 0 Å². The molecule has 0 fully saturated rings. The predicted octanol–water partition coefficient (Wildman–Crippen LogP) is -0.420. The van der Waals surface area contributed by atoms with Gasteiger partial charge in [0.1, 0.15) is 0 Å². The molecule has 1 aliphatic carbocycles. The van der Waals surface area contributed by atoms with Gasteiger partial charge in [-0.05, 0) is 12.8 Å². The van der Waals surface area contributed by atoms with Crippen LogP contribution in [0.4, 0.5) is 4.79 Å². The van der Waals surface area contributed by atoms with Gasteiger partial charge in [-0.1, -0.05) is 12.2 Å². The van der Waals surface area contributed by atoms with Gasteiger partial charge < -0.3 is 21.5 Å². The number of carboxylic acids is 1. The first-order valence-electron chi connectivity index (χ1n) is 5.73. The van der Waals surface area contributed by atoms with Gasteiger partial charge in [0.25, 0.3) is 0 Å². The van der Waals surface area contributed by atoms with Crippen molar-refractivity contribution in [3.63, 3.8) is 0 Å². The minimum Gasteiger partial charge on any atom is -0.481 e. The Labute approximate surface area is 104 Å². The van der Waals surface area contributed by atoms with Crippen LogP contribution in [0.15, 0.2) is 12.2 Å². The molecule has 5 N–H and O–H groups in total. The first-order valence-corrected chi connectivity index (χ1v) is 5.73. The molecule has 0 spiro atoms. The molecule has 2 atom stereocenters. The minimum absolute atomic E-state index is 0.227. The standard InChI is InChI=1S/C11H17N3O4/c12-9(15)2-1-5-13-11(18)14-8-4-3-7(6-8)10(16)17/h3-4,7-8H,1-2,5-6H2,(H2,12,15)(H,16,17)(H2,13,14,18). The van der Waals surface area contributed by atoms with Crippen LogP contribution >= 0.6 is 0 Å². The van der Waals surface area contributed by atoms with E-state index in [1.54, 1.807) is 12.2 Å². The molecule has 3 amide bonds. The molecule has 2 unspecified atom stereocenters. The molecule has 1 rings (SSSR count). The van der Waals surface area contributed by atoms with Crippen LogP contribution in [0.5, 0.6) is 0 Å². The Hall–Kier alpha value is -2.05. The van der Waals surface area contributed by atoms with Crippen LogP contribution in [0, 0.1) is 5.92 Å². The van der Waals surface area contributed by atoms with Crippen LogP contribution in [-0.2, 0) is 9.59 Å². The Balaban J connectivity index is 2.16. The van der Waals surface area contributed by atoms with E-state index in [1.165, 1.54) is 0 Å². The summed E-state index contributed by atoms with van der Waals surface area (Å²) in [6.07, 6.45) is 4.32. The van der Waals surface area contributed by atoms with Crippen molar-refractivity contribution in [1.29, 1.82) is 0 Å². The summed E-state index contributed by atoms with van der Waals surface area (Å²) in [6.45, 7) is 0.355. The highest BCUT2D eigenvalue weighted by molar-refractivity contribution is 5.76. The molecule has 0 radical (unpaired) electrons. The molecule has 0 saturated heterocycles. The molecule has 100 valence electrons. The lowest BCUT2D eigenvalue weighted by Crippen LogP contribution is -2.41. The van der Waals surface area contributed by atoms with Gasteiger partial charge in [0, 0.05) is 13.0 Å². The van der Waals surface area contributed by atoms with Crippen molar-refractivity contribution in [2.45, 2.75) is 25.3 Å². The second kappa shape index (κ2) is 6.63. The summed E-state index contributed by atoms with van der Waals surface area (Å²) in [6, 6.07) is -0.637. The van der Waals surface area contributed by atoms with Crippen molar-refractivity contribution in [1.82, 2.24) is 10.6 Å². The molecule has 7 heteroatoms. The maximum atomic E-state index is 11.4. The number of nitrogens with one attached hydrogen (secondary N) is 2. The van der Waals surface area contributed by atoms with Gasteiger partial charge in [0.05, 0.1) is 12.0 Å². The van der Waals surface area contributed by atoms with E-state index in [-0.39, 0.29) is 18.5 Å². The number of urea groups is 1. The minimum atomic E-state index is -0.891. The molecule has 0 heterocycles. The van der Waals surface area contributed by atoms with Crippen molar-refractivity contribution in [3.05, 3.63) is 12.2 Å². The van der Waals surface area contributed by atoms with Crippen molar-refractivity contribution >= 4 is 17.9 Å². The second-order valence-corrected chi connectivity index (χ2v) is 4.14. The summed E-state index contributed by atoms with van der Waals surface area (Å²) < 4.78 is 0. The van der Waals surface area contributed by atoms with E-state index in [4.69, 9.17) is 10.8 Å². The SMILES string of the molecule is NC(=O)CCCNC(=O)NC1C=CC(C(=O)O)C1. The monoisotopic (exact) mass is 255 g/mol. The Morgan fingerprint density at radius 3 is 2.61 bits per heavy atom. The highest BCUT2D eigenvalue weighted by Gasteiger charge is 2.25. The Kier molecular flexibility index (Phi) is 5.16. The lowest BCUT2D eigenvalue weighted by molar-refractivity contribution is -0.140. The normalized spacial score (nSPS) is 21.6. The third kappa shape index (κ3) is 4.86. The van der Waals surface area contributed by atoms with Crippen molar-refractivity contribution in [2.75, 3.05) is 6.54 Å². The fraction of sp³-hybridized carbons (Fsp3) is 0.545. The summed E-state index contributed by atoms with van der Waals surface area (Å²) in [5.41, 5.74) is 4.95. The van der Waals surface area contributed by atoms with Crippen molar-refractivity contribution in [2.24, 2.45) is 11.7 Å². The Morgan fingerprint density at radius 2 is 2.06 bits per heavy atom. The van der Waals surface area contributed by atoms with Gasteiger partial charge in [-0.25, -0.2) is 4.79 Å². The van der Waals surface area contributed by atoms with Crippen LogP contribution in [-0.4, -0.2) is 35.6 Å². The van der Waals surface area contributed by atoms with Crippen LogP contribution in [0.2, 0.25) is 0 Å². The van der Waals surface area contributed by atoms with E-state index in [2.05, 4.69) is 10.6 Å². The van der Waals surface area contributed by atoms with E-state index in [0.717, 1.165) is 0 Å². The van der Waals surface area contributed by atoms with Gasteiger partial charge in [-0.2, -0.15) is 0 Å². The summed E-state index contributed by atoms with van der Waals surface area (Å²) in [7, 11) is 0. The summed E-state index contributed by atoms with van der Waals surface area (Å²) in [5, 5.41) is 14.0. The summed E-state index contributed by atoms with van der Waals surface area (Å²) in [4.78, 5) is 32.5. The quantitative estimate of drug-likeness (QED) is 0.380. The van der Waals surface area contributed by atoms with Gasteiger partial charge >= 0.3 is 12.0 Å². The van der Waals surface area contributed by atoms with Crippen molar-refractivity contribution in [3.8, 4) is 0 Å². The zero-order valence-corrected chi connectivity index (χ0v) is 9.89. The predicted molar refractivity (Wildman–Crippen MR) is 63.6 cm³/mol. The highest BCUT2D eigenvalue weighted by Crippen LogP contribution is 2.17. The van der Waals surface area contributed by atoms with E-state index < -0.39 is 17.8 Å². The fourth-order valence-corrected chi connectivity index (χ4v) is 1.67. The van der Waals surface area contributed by atoms with E-state index in [0.29, 0.717) is 19.4 Å². The molecule has 0 aromatic carbocycles. The molecular weight excluding hydrogens is 238 g/mol. The van der Waals surface area contributed by atoms with Gasteiger partial charge in [0.2, 0.25) is 5.91 Å². The number of aliphatic carboxylic acids is 1. The second-order valence-electron chi connectivity index (χ2n) is 4.14. The van der Waals surface area contributed by atoms with Crippen molar-refractivity contribution < 1.29 is 19.5 Å². The maximum absolute atomic E-state index is 11.4. The molecule has 7 nitrogen and oxygen atoms in total. The third-order valence-corrected chi connectivity index (χ3v) is 2.60. The van der Waals surface area contributed by atoms with E-state index in [9.17, 15) is 14.4 Å². The molecule has 1 aliphatic rings. The lowest BCUT2D eigenvalue weighted by atomic mass is 10.1. The Morgan fingerprint density at radius 1 is 1.33 bits per heavy atom. The number of carboxylic acid groups (broad SMARTS) is 1. The summed E-state index contributed by atoms with van der Waals surface area (Å²) >= 11 is 0. The third-order valence-electron chi connectivity index (χ3n) is 2.60. The molecule has 0 saturated carbocycles. The first kappa shape index (κ1) is 14.0. The number of carbonyl (C=O) groups is 3. The molecule has 0 aromatic heterocycles. The van der Waals surface area contributed by atoms with Crippen LogP contribution in [0.25, 0.3) is 0 Å². The van der Waals surface area contributed by atoms with Crippen LogP contribution in [0.3, 0.4) is 0 Å². The average Bonchev–Trinajstić information content (AvgIpc) is 2.72. The number of amides is 3. The molecule has 0 bridgehead atoms. The average molecular weight is 255 g/mol. The zero-order chi connectivity index (χ0) is 13.5. The number of hydrogen-bond donors (Lipinski definition) is 4. The summed E-state index contributed by atoms with van der Waals surface area (Å²) in [5.74, 6) is -1.83.